The maximum atomic E-state index is 11.4. The molecule has 0 saturated carbocycles. The minimum atomic E-state index is -0.136. The molecule has 2 heterocycles. The summed E-state index contributed by atoms with van der Waals surface area (Å²) in [6.07, 6.45) is 4.82. The third-order valence-corrected chi connectivity index (χ3v) is 4.99. The number of carbonyl (C=O) groups excluding carboxylic acids is 1. The Bertz CT molecular complexity index is 471. The van der Waals surface area contributed by atoms with Crippen molar-refractivity contribution in [1.82, 2.24) is 4.98 Å². The summed E-state index contributed by atoms with van der Waals surface area (Å²) >= 11 is 1.69. The highest BCUT2D eigenvalue weighted by Crippen LogP contribution is 2.32. The van der Waals surface area contributed by atoms with Crippen LogP contribution in [-0.2, 0) is 16.0 Å². The van der Waals surface area contributed by atoms with E-state index in [2.05, 4.69) is 24.1 Å². The molecule has 1 saturated heterocycles. The first kappa shape index (κ1) is 16.3. The van der Waals surface area contributed by atoms with Gasteiger partial charge in [-0.05, 0) is 31.6 Å². The number of carbonyl (C=O) groups is 1. The molecule has 1 aliphatic rings. The summed E-state index contributed by atoms with van der Waals surface area (Å²) < 4.78 is 4.95. The van der Waals surface area contributed by atoms with Crippen LogP contribution < -0.4 is 4.90 Å². The summed E-state index contributed by atoms with van der Waals surface area (Å²) in [5.74, 6) is -0.136. The predicted molar refractivity (Wildman–Crippen MR) is 86.9 cm³/mol. The minimum absolute atomic E-state index is 0.136. The number of hydrogen-bond acceptors (Lipinski definition) is 5. The number of aryl methyl sites for hydroxylation is 1. The lowest BCUT2D eigenvalue weighted by atomic mass is 9.85. The maximum Gasteiger partial charge on any atom is 0.306 e. The Morgan fingerprint density at radius 2 is 2.24 bits per heavy atom. The molecule has 1 aromatic rings. The van der Waals surface area contributed by atoms with E-state index in [0.717, 1.165) is 23.9 Å². The highest BCUT2D eigenvalue weighted by atomic mass is 32.1. The Labute approximate surface area is 131 Å². The number of hydrogen-bond donors (Lipinski definition) is 0. The largest absolute Gasteiger partial charge is 0.466 e. The number of aromatic nitrogens is 1. The van der Waals surface area contributed by atoms with Gasteiger partial charge in [0.25, 0.3) is 0 Å². The summed E-state index contributed by atoms with van der Waals surface area (Å²) in [4.78, 5) is 18.5. The van der Waals surface area contributed by atoms with E-state index in [1.165, 1.54) is 19.3 Å². The Hall–Kier alpha value is -1.10. The first-order valence-corrected chi connectivity index (χ1v) is 8.73. The molecule has 0 aliphatic carbocycles. The molecular weight excluding hydrogens is 284 g/mol. The molecular formula is C16H26N2O2S. The van der Waals surface area contributed by atoms with E-state index in [1.54, 1.807) is 11.3 Å². The van der Waals surface area contributed by atoms with Crippen LogP contribution in [0.4, 0.5) is 5.13 Å². The van der Waals surface area contributed by atoms with Gasteiger partial charge < -0.3 is 9.64 Å². The van der Waals surface area contributed by atoms with Gasteiger partial charge in [-0.25, -0.2) is 4.98 Å². The van der Waals surface area contributed by atoms with Crippen molar-refractivity contribution < 1.29 is 9.53 Å². The first-order valence-electron chi connectivity index (χ1n) is 7.85. The molecule has 1 aliphatic heterocycles. The van der Waals surface area contributed by atoms with E-state index in [0.29, 0.717) is 24.9 Å². The van der Waals surface area contributed by atoms with Crippen LogP contribution in [0.3, 0.4) is 0 Å². The van der Waals surface area contributed by atoms with Crippen molar-refractivity contribution in [1.29, 1.82) is 0 Å². The zero-order chi connectivity index (χ0) is 15.3. The molecule has 4 nitrogen and oxygen atoms in total. The van der Waals surface area contributed by atoms with Crippen LogP contribution in [-0.4, -0.2) is 30.6 Å². The minimum Gasteiger partial charge on any atom is -0.466 e. The highest BCUT2D eigenvalue weighted by molar-refractivity contribution is 7.13. The molecule has 0 aromatic carbocycles. The van der Waals surface area contributed by atoms with Crippen LogP contribution in [0, 0.1) is 5.41 Å². The quantitative estimate of drug-likeness (QED) is 0.779. The molecule has 0 bridgehead atoms. The second-order valence-corrected chi connectivity index (χ2v) is 7.27. The van der Waals surface area contributed by atoms with Crippen molar-refractivity contribution in [2.75, 3.05) is 24.6 Å². The molecule has 0 spiro atoms. The van der Waals surface area contributed by atoms with Gasteiger partial charge in [0.15, 0.2) is 5.13 Å². The lowest BCUT2D eigenvalue weighted by Crippen LogP contribution is -2.24. The van der Waals surface area contributed by atoms with Crippen molar-refractivity contribution in [2.24, 2.45) is 5.41 Å². The molecule has 118 valence electrons. The zero-order valence-electron chi connectivity index (χ0n) is 13.4. The van der Waals surface area contributed by atoms with Gasteiger partial charge in [-0.2, -0.15) is 0 Å². The van der Waals surface area contributed by atoms with E-state index >= 15 is 0 Å². The Balaban J connectivity index is 1.89. The fourth-order valence-corrected chi connectivity index (χ4v) is 3.55. The third kappa shape index (κ3) is 4.99. The summed E-state index contributed by atoms with van der Waals surface area (Å²) in [6, 6.07) is 0. The van der Waals surface area contributed by atoms with Crippen LogP contribution >= 0.6 is 11.3 Å². The highest BCUT2D eigenvalue weighted by Gasteiger charge is 2.24. The van der Waals surface area contributed by atoms with Gasteiger partial charge in [0.05, 0.1) is 18.7 Å². The normalized spacial score (nSPS) is 18.3. The number of anilines is 1. The number of nitrogens with zero attached hydrogens (tertiary/aromatic N) is 2. The van der Waals surface area contributed by atoms with Crippen molar-refractivity contribution in [3.63, 3.8) is 0 Å². The number of thiazole rings is 1. The second kappa shape index (κ2) is 7.25. The zero-order valence-corrected chi connectivity index (χ0v) is 14.2. The van der Waals surface area contributed by atoms with Gasteiger partial charge in [0, 0.05) is 24.9 Å². The lowest BCUT2D eigenvalue weighted by Gasteiger charge is -2.22. The Morgan fingerprint density at radius 1 is 1.43 bits per heavy atom. The predicted octanol–water partition coefficient (Wildman–Crippen LogP) is 3.66. The summed E-state index contributed by atoms with van der Waals surface area (Å²) in [5, 5.41) is 3.18. The van der Waals surface area contributed by atoms with Crippen LogP contribution in [0.5, 0.6) is 0 Å². The second-order valence-electron chi connectivity index (χ2n) is 6.43. The van der Waals surface area contributed by atoms with E-state index in [9.17, 15) is 4.79 Å². The smallest absolute Gasteiger partial charge is 0.306 e. The molecule has 5 heteroatoms. The van der Waals surface area contributed by atoms with E-state index in [4.69, 9.17) is 9.72 Å². The SMILES string of the molecule is CCOC(=O)CCc1csc(N2CCCC(C)(C)CC2)n1. The van der Waals surface area contributed by atoms with Gasteiger partial charge in [0.1, 0.15) is 0 Å². The summed E-state index contributed by atoms with van der Waals surface area (Å²) in [6.45, 7) is 9.16. The lowest BCUT2D eigenvalue weighted by molar-refractivity contribution is -0.143. The van der Waals surface area contributed by atoms with Crippen molar-refractivity contribution in [3.05, 3.63) is 11.1 Å². The van der Waals surface area contributed by atoms with Crippen molar-refractivity contribution >= 4 is 22.4 Å². The molecule has 0 unspecified atom stereocenters. The van der Waals surface area contributed by atoms with E-state index < -0.39 is 0 Å². The molecule has 1 fully saturated rings. The van der Waals surface area contributed by atoms with Crippen LogP contribution in [0.1, 0.15) is 52.1 Å². The van der Waals surface area contributed by atoms with Crippen molar-refractivity contribution in [3.8, 4) is 0 Å². The monoisotopic (exact) mass is 310 g/mol. The molecule has 0 radical (unpaired) electrons. The fourth-order valence-electron chi connectivity index (χ4n) is 2.63. The van der Waals surface area contributed by atoms with Crippen LogP contribution in [0.2, 0.25) is 0 Å². The number of ether oxygens (including phenoxy) is 1. The fraction of sp³-hybridized carbons (Fsp3) is 0.750. The van der Waals surface area contributed by atoms with Crippen molar-refractivity contribution in [2.45, 2.75) is 52.9 Å². The van der Waals surface area contributed by atoms with Gasteiger partial charge in [0.2, 0.25) is 0 Å². The average Bonchev–Trinajstić information content (AvgIpc) is 2.82. The van der Waals surface area contributed by atoms with Crippen LogP contribution in [0.15, 0.2) is 5.38 Å². The average molecular weight is 310 g/mol. The molecule has 1 aromatic heterocycles. The summed E-state index contributed by atoms with van der Waals surface area (Å²) in [7, 11) is 0. The summed E-state index contributed by atoms with van der Waals surface area (Å²) in [5.41, 5.74) is 1.45. The van der Waals surface area contributed by atoms with Gasteiger partial charge in [-0.3, -0.25) is 4.79 Å². The molecule has 21 heavy (non-hydrogen) atoms. The molecule has 0 atom stereocenters. The maximum absolute atomic E-state index is 11.4. The number of esters is 1. The molecule has 2 rings (SSSR count). The third-order valence-electron chi connectivity index (χ3n) is 4.04. The van der Waals surface area contributed by atoms with Gasteiger partial charge in [-0.15, -0.1) is 11.3 Å². The van der Waals surface area contributed by atoms with Crippen LogP contribution in [0.25, 0.3) is 0 Å². The van der Waals surface area contributed by atoms with E-state index in [1.807, 2.05) is 6.92 Å². The Morgan fingerprint density at radius 3 is 3.00 bits per heavy atom. The van der Waals surface area contributed by atoms with Gasteiger partial charge >= 0.3 is 5.97 Å². The molecule has 0 amide bonds. The van der Waals surface area contributed by atoms with E-state index in [-0.39, 0.29) is 5.97 Å². The first-order chi connectivity index (χ1) is 10.00. The number of rotatable bonds is 5. The topological polar surface area (TPSA) is 42.4 Å². The Kier molecular flexibility index (Phi) is 5.62. The standard InChI is InChI=1S/C16H26N2O2S/c1-4-20-14(19)7-6-13-12-21-15(17-13)18-10-5-8-16(2,3)9-11-18/h12H,4-11H2,1-3H3. The molecule has 0 N–H and O–H groups in total. The van der Waals surface area contributed by atoms with Gasteiger partial charge in [-0.1, -0.05) is 13.8 Å².